The van der Waals surface area contributed by atoms with Crippen LogP contribution in [0.25, 0.3) is 0 Å². The van der Waals surface area contributed by atoms with Gasteiger partial charge in [0.1, 0.15) is 0 Å². The standard InChI is InChI=1S/C25H52O4S4/c1-3-5-7-9-11-13-15-18-22-30(26)32(28)24-20-17-21-25-33(29)31(27)23-19-16-14-12-10-8-6-4-2/h3-25H2,1-2H3. The van der Waals surface area contributed by atoms with E-state index in [2.05, 4.69) is 13.8 Å². The summed E-state index contributed by atoms with van der Waals surface area (Å²) in [5.74, 6) is 2.00. The van der Waals surface area contributed by atoms with Crippen LogP contribution in [0.3, 0.4) is 0 Å². The summed E-state index contributed by atoms with van der Waals surface area (Å²) in [6, 6.07) is 0. The van der Waals surface area contributed by atoms with Gasteiger partial charge in [-0.15, -0.1) is 0 Å². The first kappa shape index (κ1) is 34.2. The Morgan fingerprint density at radius 3 is 0.727 bits per heavy atom. The van der Waals surface area contributed by atoms with Gasteiger partial charge in [-0.05, 0) is 44.9 Å². The molecule has 0 fully saturated rings. The molecule has 4 atom stereocenters. The summed E-state index contributed by atoms with van der Waals surface area (Å²) in [6.45, 7) is 4.44. The summed E-state index contributed by atoms with van der Waals surface area (Å²) in [5, 5.41) is 0. The zero-order valence-electron chi connectivity index (χ0n) is 21.5. The molecule has 0 radical (unpaired) electrons. The van der Waals surface area contributed by atoms with E-state index in [0.29, 0.717) is 23.0 Å². The minimum absolute atomic E-state index is 0.456. The van der Waals surface area contributed by atoms with Gasteiger partial charge in [0.2, 0.25) is 0 Å². The molecule has 0 aliphatic heterocycles. The Hall–Kier alpha value is 1.24. The Morgan fingerprint density at radius 2 is 0.485 bits per heavy atom. The van der Waals surface area contributed by atoms with Crippen LogP contribution < -0.4 is 0 Å². The van der Waals surface area contributed by atoms with Gasteiger partial charge in [-0.1, -0.05) is 90.9 Å². The molecule has 0 aromatic heterocycles. The lowest BCUT2D eigenvalue weighted by Crippen LogP contribution is -2.23. The van der Waals surface area contributed by atoms with Crippen molar-refractivity contribution in [2.75, 3.05) is 23.0 Å². The van der Waals surface area contributed by atoms with Crippen LogP contribution in [0.2, 0.25) is 0 Å². The molecule has 0 bridgehead atoms. The molecule has 4 unspecified atom stereocenters. The van der Waals surface area contributed by atoms with E-state index in [1.54, 1.807) is 0 Å². The van der Waals surface area contributed by atoms with E-state index in [1.807, 2.05) is 0 Å². The maximum absolute atomic E-state index is 12.1. The molecule has 8 heteroatoms. The third-order valence-corrected chi connectivity index (χ3v) is 13.7. The average Bonchev–Trinajstić information content (AvgIpc) is 2.81. The van der Waals surface area contributed by atoms with Crippen molar-refractivity contribution >= 4 is 40.8 Å². The molecule has 200 valence electrons. The van der Waals surface area contributed by atoms with Gasteiger partial charge < -0.3 is 18.2 Å². The Bertz CT molecular complexity index is 359. The van der Waals surface area contributed by atoms with Crippen LogP contribution in [0.15, 0.2) is 0 Å². The molecule has 0 spiro atoms. The van der Waals surface area contributed by atoms with Crippen molar-refractivity contribution in [2.45, 2.75) is 136 Å². The fourth-order valence-electron chi connectivity index (χ4n) is 3.70. The summed E-state index contributed by atoms with van der Waals surface area (Å²) >= 11 is 0. The first-order valence-electron chi connectivity index (χ1n) is 13.6. The fourth-order valence-corrected chi connectivity index (χ4v) is 9.84. The second kappa shape index (κ2) is 26.3. The molecule has 33 heavy (non-hydrogen) atoms. The SMILES string of the molecule is CCCCCCCCCC[S+]([O-])[S+]([O-])CCCCC[S+]([O-])[S+]([O-])CCCCCCCCCC. The lowest BCUT2D eigenvalue weighted by atomic mass is 10.1. The zero-order chi connectivity index (χ0) is 24.6. The Kier molecular flexibility index (Phi) is 27.3. The third kappa shape index (κ3) is 23.4. The van der Waals surface area contributed by atoms with Crippen molar-refractivity contribution in [1.29, 1.82) is 0 Å². The van der Waals surface area contributed by atoms with Crippen LogP contribution in [0, 0.1) is 0 Å². The van der Waals surface area contributed by atoms with E-state index < -0.39 is 40.8 Å². The highest BCUT2D eigenvalue weighted by Crippen LogP contribution is 2.16. The number of rotatable bonds is 26. The Labute approximate surface area is 217 Å². The summed E-state index contributed by atoms with van der Waals surface area (Å²) in [6.07, 6.45) is 21.5. The van der Waals surface area contributed by atoms with Crippen molar-refractivity contribution in [3.8, 4) is 0 Å². The van der Waals surface area contributed by atoms with Gasteiger partial charge in [-0.25, -0.2) is 0 Å². The monoisotopic (exact) mass is 544 g/mol. The van der Waals surface area contributed by atoms with E-state index in [0.717, 1.165) is 44.9 Å². The minimum atomic E-state index is -1.27. The van der Waals surface area contributed by atoms with Crippen molar-refractivity contribution in [3.05, 3.63) is 0 Å². The highest BCUT2D eigenvalue weighted by atomic mass is 33.2. The summed E-state index contributed by atoms with van der Waals surface area (Å²) < 4.78 is 48.5. The molecule has 0 N–H and O–H groups in total. The lowest BCUT2D eigenvalue weighted by Gasteiger charge is -2.13. The predicted molar refractivity (Wildman–Crippen MR) is 151 cm³/mol. The largest absolute Gasteiger partial charge is 0.571 e. The highest BCUT2D eigenvalue weighted by Gasteiger charge is 2.25. The van der Waals surface area contributed by atoms with E-state index in [-0.39, 0.29) is 0 Å². The van der Waals surface area contributed by atoms with Gasteiger partial charge >= 0.3 is 0 Å². The molecular weight excluding hydrogens is 493 g/mol. The van der Waals surface area contributed by atoms with Gasteiger partial charge in [0, 0.05) is 0 Å². The molecular formula is C25H52O4S4. The van der Waals surface area contributed by atoms with Crippen molar-refractivity contribution in [2.24, 2.45) is 0 Å². The molecule has 0 aliphatic rings. The second-order valence-electron chi connectivity index (χ2n) is 9.04. The summed E-state index contributed by atoms with van der Waals surface area (Å²) in [7, 11) is -5.03. The van der Waals surface area contributed by atoms with Gasteiger partial charge in [0.25, 0.3) is 0 Å². The molecule has 0 rings (SSSR count). The van der Waals surface area contributed by atoms with Gasteiger partial charge in [0.15, 0.2) is 63.8 Å². The number of unbranched alkanes of at least 4 members (excludes halogenated alkanes) is 16. The first-order chi connectivity index (χ1) is 16.0. The first-order valence-corrected chi connectivity index (χ1v) is 19.9. The highest BCUT2D eigenvalue weighted by molar-refractivity contribution is 8.67. The summed E-state index contributed by atoms with van der Waals surface area (Å²) in [5.41, 5.74) is 0. The molecule has 0 aliphatic carbocycles. The van der Waals surface area contributed by atoms with Gasteiger partial charge in [-0.2, -0.15) is 0 Å². The molecule has 0 saturated carbocycles. The predicted octanol–water partition coefficient (Wildman–Crippen LogP) is 7.26. The van der Waals surface area contributed by atoms with Crippen molar-refractivity contribution < 1.29 is 18.2 Å². The van der Waals surface area contributed by atoms with Crippen LogP contribution >= 0.6 is 0 Å². The van der Waals surface area contributed by atoms with E-state index in [4.69, 9.17) is 0 Å². The molecule has 0 saturated heterocycles. The number of hydrogen-bond acceptors (Lipinski definition) is 4. The van der Waals surface area contributed by atoms with E-state index in [9.17, 15) is 18.2 Å². The summed E-state index contributed by atoms with van der Waals surface area (Å²) in [4.78, 5) is 0. The molecule has 0 aromatic rings. The second-order valence-corrected chi connectivity index (χ2v) is 17.6. The van der Waals surface area contributed by atoms with Gasteiger partial charge in [-0.3, -0.25) is 0 Å². The Balaban J connectivity index is 3.55. The van der Waals surface area contributed by atoms with Crippen molar-refractivity contribution in [3.63, 3.8) is 0 Å². The van der Waals surface area contributed by atoms with Crippen LogP contribution in [0.1, 0.15) is 136 Å². The normalized spacial score (nSPS) is 15.5. The lowest BCUT2D eigenvalue weighted by molar-refractivity contribution is 0.567. The van der Waals surface area contributed by atoms with Crippen LogP contribution in [-0.2, 0) is 40.8 Å². The molecule has 0 amide bonds. The topological polar surface area (TPSA) is 92.2 Å². The smallest absolute Gasteiger partial charge is 0.170 e. The fraction of sp³-hybridized carbons (Fsp3) is 1.00. The zero-order valence-corrected chi connectivity index (χ0v) is 24.8. The average molecular weight is 545 g/mol. The quantitative estimate of drug-likeness (QED) is 0.0650. The van der Waals surface area contributed by atoms with Crippen LogP contribution in [0.4, 0.5) is 0 Å². The van der Waals surface area contributed by atoms with E-state index >= 15 is 0 Å². The maximum atomic E-state index is 12.1. The molecule has 0 aromatic carbocycles. The number of hydrogen-bond donors (Lipinski definition) is 0. The Morgan fingerprint density at radius 1 is 0.303 bits per heavy atom. The van der Waals surface area contributed by atoms with Crippen molar-refractivity contribution in [1.82, 2.24) is 0 Å². The van der Waals surface area contributed by atoms with E-state index in [1.165, 1.54) is 77.0 Å². The third-order valence-electron chi connectivity index (χ3n) is 5.87. The minimum Gasteiger partial charge on any atom is -0.571 e. The van der Waals surface area contributed by atoms with Crippen LogP contribution in [0.5, 0.6) is 0 Å². The molecule has 4 nitrogen and oxygen atoms in total. The van der Waals surface area contributed by atoms with Crippen LogP contribution in [-0.4, -0.2) is 41.2 Å². The molecule has 0 heterocycles. The van der Waals surface area contributed by atoms with Gasteiger partial charge in [0.05, 0.1) is 0 Å². The maximum Gasteiger partial charge on any atom is 0.170 e.